The van der Waals surface area contributed by atoms with Crippen molar-refractivity contribution in [2.24, 2.45) is 5.92 Å². The number of benzene rings is 2. The maximum absolute atomic E-state index is 14.3. The molecule has 1 aliphatic rings. The molecule has 0 radical (unpaired) electrons. The summed E-state index contributed by atoms with van der Waals surface area (Å²) in [5, 5.41) is 0. The topological polar surface area (TPSA) is 9.23 Å². The van der Waals surface area contributed by atoms with Crippen LogP contribution < -0.4 is 0 Å². The molecule has 26 heavy (non-hydrogen) atoms. The maximum Gasteiger partial charge on any atom is 0.129 e. The van der Waals surface area contributed by atoms with Crippen LogP contribution in [0.1, 0.15) is 54.4 Å². The van der Waals surface area contributed by atoms with E-state index in [4.69, 9.17) is 4.74 Å². The molecule has 0 spiro atoms. The SMILES string of the molecule is C=CCOC(c1ccc(C2CCC(C=C)CC2)cc1)c1ccccc1F. The van der Waals surface area contributed by atoms with E-state index in [-0.39, 0.29) is 5.82 Å². The van der Waals surface area contributed by atoms with Gasteiger partial charge in [-0.1, -0.05) is 54.6 Å². The van der Waals surface area contributed by atoms with Gasteiger partial charge in [0, 0.05) is 5.56 Å². The van der Waals surface area contributed by atoms with E-state index in [9.17, 15) is 4.39 Å². The number of allylic oxidation sites excluding steroid dienone is 1. The standard InChI is InChI=1S/C24H27FO/c1-3-17-26-24(22-7-5-6-8-23(22)25)21-15-13-20(14-16-21)19-11-9-18(4-2)10-12-19/h3-8,13-16,18-19,24H,1-2,9-12,17H2. The molecule has 0 heterocycles. The van der Waals surface area contributed by atoms with Crippen LogP contribution in [0.4, 0.5) is 4.39 Å². The van der Waals surface area contributed by atoms with Crippen molar-refractivity contribution >= 4 is 0 Å². The first-order chi connectivity index (χ1) is 12.7. The lowest BCUT2D eigenvalue weighted by molar-refractivity contribution is 0.101. The monoisotopic (exact) mass is 350 g/mol. The Hall–Kier alpha value is -2.19. The smallest absolute Gasteiger partial charge is 0.129 e. The molecule has 0 aromatic heterocycles. The first kappa shape index (κ1) is 18.6. The quantitative estimate of drug-likeness (QED) is 0.513. The van der Waals surface area contributed by atoms with E-state index in [1.807, 2.05) is 6.07 Å². The Labute approximate surface area is 156 Å². The van der Waals surface area contributed by atoms with Gasteiger partial charge in [0.25, 0.3) is 0 Å². The number of hydrogen-bond donors (Lipinski definition) is 0. The summed E-state index contributed by atoms with van der Waals surface area (Å²) in [5.41, 5.74) is 2.90. The van der Waals surface area contributed by atoms with Crippen molar-refractivity contribution in [1.82, 2.24) is 0 Å². The van der Waals surface area contributed by atoms with Crippen LogP contribution in [0.2, 0.25) is 0 Å². The number of halogens is 1. The second-order valence-electron chi connectivity index (χ2n) is 7.04. The van der Waals surface area contributed by atoms with E-state index < -0.39 is 6.10 Å². The third-order valence-corrected chi connectivity index (χ3v) is 5.38. The zero-order chi connectivity index (χ0) is 18.4. The number of hydrogen-bond acceptors (Lipinski definition) is 1. The second-order valence-corrected chi connectivity index (χ2v) is 7.04. The fraction of sp³-hybridized carbons (Fsp3) is 0.333. The Morgan fingerprint density at radius 1 is 1.00 bits per heavy atom. The van der Waals surface area contributed by atoms with E-state index in [0.29, 0.717) is 24.0 Å². The highest BCUT2D eigenvalue weighted by Crippen LogP contribution is 2.37. The van der Waals surface area contributed by atoms with Crippen molar-refractivity contribution in [2.75, 3.05) is 6.61 Å². The lowest BCUT2D eigenvalue weighted by Gasteiger charge is -2.27. The maximum atomic E-state index is 14.3. The minimum atomic E-state index is -0.417. The zero-order valence-electron chi connectivity index (χ0n) is 15.2. The normalized spacial score (nSPS) is 21.1. The molecule has 2 heteroatoms. The average molecular weight is 350 g/mol. The molecule has 1 fully saturated rings. The molecular weight excluding hydrogens is 323 g/mol. The van der Waals surface area contributed by atoms with Gasteiger partial charge in [0.2, 0.25) is 0 Å². The highest BCUT2D eigenvalue weighted by Gasteiger charge is 2.22. The average Bonchev–Trinajstić information content (AvgIpc) is 2.70. The van der Waals surface area contributed by atoms with Crippen LogP contribution in [0, 0.1) is 11.7 Å². The van der Waals surface area contributed by atoms with Crippen LogP contribution in [0.15, 0.2) is 73.8 Å². The van der Waals surface area contributed by atoms with Gasteiger partial charge in [-0.2, -0.15) is 0 Å². The Kier molecular flexibility index (Phi) is 6.40. The predicted octanol–water partition coefficient (Wildman–Crippen LogP) is 6.58. The van der Waals surface area contributed by atoms with Gasteiger partial charge in [0.1, 0.15) is 11.9 Å². The van der Waals surface area contributed by atoms with Gasteiger partial charge in [0.05, 0.1) is 6.61 Å². The van der Waals surface area contributed by atoms with E-state index in [1.165, 1.54) is 37.3 Å². The molecular formula is C24H27FO. The molecule has 3 rings (SSSR count). The highest BCUT2D eigenvalue weighted by atomic mass is 19.1. The lowest BCUT2D eigenvalue weighted by atomic mass is 9.78. The summed E-state index contributed by atoms with van der Waals surface area (Å²) < 4.78 is 20.2. The predicted molar refractivity (Wildman–Crippen MR) is 106 cm³/mol. The Morgan fingerprint density at radius 2 is 1.69 bits per heavy atom. The van der Waals surface area contributed by atoms with Gasteiger partial charge in [-0.05, 0) is 54.7 Å². The van der Waals surface area contributed by atoms with Gasteiger partial charge in [0.15, 0.2) is 0 Å². The molecule has 136 valence electrons. The third kappa shape index (κ3) is 4.31. The minimum Gasteiger partial charge on any atom is -0.365 e. The summed E-state index contributed by atoms with van der Waals surface area (Å²) >= 11 is 0. The fourth-order valence-corrected chi connectivity index (χ4v) is 3.85. The van der Waals surface area contributed by atoms with Crippen LogP contribution in [0.25, 0.3) is 0 Å². The zero-order valence-corrected chi connectivity index (χ0v) is 15.2. The molecule has 0 amide bonds. The molecule has 0 bridgehead atoms. The van der Waals surface area contributed by atoms with Crippen molar-refractivity contribution in [3.05, 3.63) is 96.3 Å². The molecule has 0 saturated heterocycles. The van der Waals surface area contributed by atoms with E-state index >= 15 is 0 Å². The molecule has 2 aromatic rings. The van der Waals surface area contributed by atoms with Crippen LogP contribution >= 0.6 is 0 Å². The summed E-state index contributed by atoms with van der Waals surface area (Å²) in [6.45, 7) is 8.01. The fourth-order valence-electron chi connectivity index (χ4n) is 3.85. The Balaban J connectivity index is 1.79. The largest absolute Gasteiger partial charge is 0.365 e. The van der Waals surface area contributed by atoms with E-state index in [0.717, 1.165) is 5.56 Å². The number of rotatable bonds is 7. The highest BCUT2D eigenvalue weighted by molar-refractivity contribution is 5.34. The molecule has 1 nitrogen and oxygen atoms in total. The summed E-state index contributed by atoms with van der Waals surface area (Å²) in [6.07, 6.45) is 8.22. The lowest BCUT2D eigenvalue weighted by Crippen LogP contribution is -2.12. The molecule has 0 aliphatic heterocycles. The van der Waals surface area contributed by atoms with Gasteiger partial charge in [-0.15, -0.1) is 13.2 Å². The van der Waals surface area contributed by atoms with Crippen molar-refractivity contribution < 1.29 is 9.13 Å². The molecule has 2 aromatic carbocycles. The van der Waals surface area contributed by atoms with Crippen LogP contribution in [-0.4, -0.2) is 6.61 Å². The van der Waals surface area contributed by atoms with Crippen molar-refractivity contribution in [3.8, 4) is 0 Å². The Morgan fingerprint density at radius 3 is 2.31 bits per heavy atom. The van der Waals surface area contributed by atoms with Crippen molar-refractivity contribution in [1.29, 1.82) is 0 Å². The van der Waals surface area contributed by atoms with Gasteiger partial charge in [-0.25, -0.2) is 4.39 Å². The van der Waals surface area contributed by atoms with Gasteiger partial charge in [-0.3, -0.25) is 0 Å². The van der Waals surface area contributed by atoms with E-state index in [2.05, 4.69) is 43.5 Å². The van der Waals surface area contributed by atoms with Crippen LogP contribution in [0.3, 0.4) is 0 Å². The molecule has 1 atom stereocenters. The minimum absolute atomic E-state index is 0.242. The first-order valence-corrected chi connectivity index (χ1v) is 9.42. The van der Waals surface area contributed by atoms with Crippen molar-refractivity contribution in [3.63, 3.8) is 0 Å². The molecule has 1 saturated carbocycles. The number of ether oxygens (including phenoxy) is 1. The van der Waals surface area contributed by atoms with Gasteiger partial charge < -0.3 is 4.74 Å². The van der Waals surface area contributed by atoms with Crippen LogP contribution in [-0.2, 0) is 4.74 Å². The second kappa shape index (κ2) is 8.95. The van der Waals surface area contributed by atoms with Crippen LogP contribution in [0.5, 0.6) is 0 Å². The summed E-state index contributed by atoms with van der Waals surface area (Å²) in [7, 11) is 0. The molecule has 1 unspecified atom stereocenters. The van der Waals surface area contributed by atoms with E-state index in [1.54, 1.807) is 18.2 Å². The molecule has 0 N–H and O–H groups in total. The molecule has 1 aliphatic carbocycles. The summed E-state index contributed by atoms with van der Waals surface area (Å²) in [6, 6.07) is 15.3. The van der Waals surface area contributed by atoms with Gasteiger partial charge >= 0.3 is 0 Å². The third-order valence-electron chi connectivity index (χ3n) is 5.38. The first-order valence-electron chi connectivity index (χ1n) is 9.42. The summed E-state index contributed by atoms with van der Waals surface area (Å²) in [5.74, 6) is 1.04. The summed E-state index contributed by atoms with van der Waals surface area (Å²) in [4.78, 5) is 0. The van der Waals surface area contributed by atoms with Crippen molar-refractivity contribution in [2.45, 2.75) is 37.7 Å². The Bertz CT molecular complexity index is 726.